The Morgan fingerprint density at radius 2 is 1.94 bits per heavy atom. The second kappa shape index (κ2) is 9.70. The number of aryl methyl sites for hydroxylation is 1. The van der Waals surface area contributed by atoms with E-state index in [1.54, 1.807) is 0 Å². The summed E-state index contributed by atoms with van der Waals surface area (Å²) in [5.74, 6) is 0.251. The lowest BCUT2D eigenvalue weighted by Gasteiger charge is -2.30. The Morgan fingerprint density at radius 1 is 1.03 bits per heavy atom. The average molecular weight is 420 g/mol. The number of amides is 1. The number of carbonyl (C=O) groups is 1. The van der Waals surface area contributed by atoms with E-state index in [1.807, 2.05) is 0 Å². The van der Waals surface area contributed by atoms with Crippen LogP contribution in [0.4, 0.5) is 0 Å². The number of rotatable bonds is 6. The first kappa shape index (κ1) is 21.0. The third-order valence-corrected chi connectivity index (χ3v) is 7.65. The van der Waals surface area contributed by atoms with Crippen molar-refractivity contribution in [1.29, 1.82) is 0 Å². The molecule has 4 heteroatoms. The van der Waals surface area contributed by atoms with E-state index in [9.17, 15) is 4.79 Å². The van der Waals surface area contributed by atoms with Gasteiger partial charge in [-0.05, 0) is 99.7 Å². The van der Waals surface area contributed by atoms with Gasteiger partial charge in [0.15, 0.2) is 0 Å². The first-order valence-electron chi connectivity index (χ1n) is 12.5. The van der Waals surface area contributed by atoms with Crippen molar-refractivity contribution in [3.63, 3.8) is 0 Å². The van der Waals surface area contributed by atoms with Crippen molar-refractivity contribution < 1.29 is 4.79 Å². The van der Waals surface area contributed by atoms with Gasteiger partial charge in [-0.25, -0.2) is 0 Å². The Bertz CT molecular complexity index is 852. The van der Waals surface area contributed by atoms with E-state index < -0.39 is 0 Å². The summed E-state index contributed by atoms with van der Waals surface area (Å²) in [6.07, 6.45) is 17.5. The summed E-state index contributed by atoms with van der Waals surface area (Å²) in [6, 6.07) is 7.45. The third-order valence-electron chi connectivity index (χ3n) is 7.65. The Labute approximate surface area is 187 Å². The van der Waals surface area contributed by atoms with Gasteiger partial charge in [-0.2, -0.15) is 0 Å². The molecule has 5 rings (SSSR count). The number of nitrogens with zero attached hydrogens (tertiary/aromatic N) is 2. The number of nitrogens with one attached hydrogen (secondary N) is 1. The highest BCUT2D eigenvalue weighted by Gasteiger charge is 2.32. The van der Waals surface area contributed by atoms with Gasteiger partial charge in [0.25, 0.3) is 5.91 Å². The number of allylic oxidation sites excluding steroid dienone is 2. The fourth-order valence-corrected chi connectivity index (χ4v) is 5.85. The van der Waals surface area contributed by atoms with Crippen LogP contribution in [0.25, 0.3) is 0 Å². The van der Waals surface area contributed by atoms with Crippen molar-refractivity contribution >= 4 is 5.91 Å². The van der Waals surface area contributed by atoms with Gasteiger partial charge in [0.2, 0.25) is 0 Å². The van der Waals surface area contributed by atoms with Crippen molar-refractivity contribution in [2.24, 2.45) is 0 Å². The van der Waals surface area contributed by atoms with Gasteiger partial charge < -0.3 is 15.1 Å². The first-order valence-corrected chi connectivity index (χ1v) is 12.5. The molecule has 0 saturated carbocycles. The lowest BCUT2D eigenvalue weighted by molar-refractivity contribution is 0.0708. The number of hydrogen-bond acceptors (Lipinski definition) is 3. The molecule has 0 radical (unpaired) electrons. The van der Waals surface area contributed by atoms with Gasteiger partial charge >= 0.3 is 0 Å². The van der Waals surface area contributed by atoms with Gasteiger partial charge in [0, 0.05) is 37.3 Å². The third kappa shape index (κ3) is 4.96. The maximum Gasteiger partial charge on any atom is 0.254 e. The molecule has 1 aromatic carbocycles. The Morgan fingerprint density at radius 3 is 2.77 bits per heavy atom. The molecule has 2 aliphatic carbocycles. The molecule has 0 bridgehead atoms. The van der Waals surface area contributed by atoms with Crippen LogP contribution in [0, 0.1) is 0 Å². The van der Waals surface area contributed by atoms with Gasteiger partial charge in [-0.15, -0.1) is 0 Å². The highest BCUT2D eigenvalue weighted by atomic mass is 16.2. The monoisotopic (exact) mass is 419 g/mol. The van der Waals surface area contributed by atoms with E-state index in [2.05, 4.69) is 51.5 Å². The summed E-state index contributed by atoms with van der Waals surface area (Å²) in [6.45, 7) is 5.38. The van der Waals surface area contributed by atoms with Crippen LogP contribution in [0.15, 0.2) is 42.0 Å². The van der Waals surface area contributed by atoms with E-state index in [0.717, 1.165) is 57.3 Å². The van der Waals surface area contributed by atoms with E-state index in [4.69, 9.17) is 0 Å². The summed E-state index contributed by atoms with van der Waals surface area (Å²) >= 11 is 0. The summed E-state index contributed by atoms with van der Waals surface area (Å²) in [5.41, 5.74) is 5.13. The van der Waals surface area contributed by atoms with E-state index in [1.165, 1.54) is 55.5 Å². The standard InChI is InChI=1S/C27H37N3O/c31-27(30-16-6-9-26(30)20-29-14-4-5-15-29)24-11-10-23-18-25(13-12-22(23)17-24)28-19-21-7-2-1-3-8-21/h2,7-8,10-11,17,25-26,28H,1,3-6,9,12-16,18-20H2/t25?,26-/m0/s1. The number of hydrogen-bond donors (Lipinski definition) is 1. The molecule has 2 aliphatic heterocycles. The topological polar surface area (TPSA) is 35.6 Å². The molecule has 2 saturated heterocycles. The van der Waals surface area contributed by atoms with Crippen LogP contribution in [0.5, 0.6) is 0 Å². The molecule has 4 aliphatic rings. The quantitative estimate of drug-likeness (QED) is 0.754. The maximum absolute atomic E-state index is 13.3. The van der Waals surface area contributed by atoms with Crippen molar-refractivity contribution in [1.82, 2.24) is 15.1 Å². The second-order valence-electron chi connectivity index (χ2n) is 9.87. The smallest absolute Gasteiger partial charge is 0.254 e. The second-order valence-corrected chi connectivity index (χ2v) is 9.87. The predicted molar refractivity (Wildman–Crippen MR) is 126 cm³/mol. The van der Waals surface area contributed by atoms with Crippen LogP contribution >= 0.6 is 0 Å². The molecule has 1 aromatic rings. The SMILES string of the molecule is O=C(c1ccc2c(c1)CCC(NCC1=CCCC=C1)C2)N1CCC[C@H]1CN1CCCC1. The summed E-state index contributed by atoms with van der Waals surface area (Å²) in [7, 11) is 0. The molecule has 2 heterocycles. The van der Waals surface area contributed by atoms with E-state index >= 15 is 0 Å². The molecular weight excluding hydrogens is 382 g/mol. The van der Waals surface area contributed by atoms with Crippen LogP contribution in [-0.4, -0.2) is 60.5 Å². The van der Waals surface area contributed by atoms with E-state index in [-0.39, 0.29) is 5.91 Å². The largest absolute Gasteiger partial charge is 0.334 e. The minimum Gasteiger partial charge on any atom is -0.334 e. The van der Waals surface area contributed by atoms with Crippen LogP contribution in [0.3, 0.4) is 0 Å². The van der Waals surface area contributed by atoms with E-state index in [0.29, 0.717) is 12.1 Å². The summed E-state index contributed by atoms with van der Waals surface area (Å²) < 4.78 is 0. The Balaban J connectivity index is 1.19. The zero-order valence-corrected chi connectivity index (χ0v) is 18.8. The number of likely N-dealkylation sites (tertiary alicyclic amines) is 2. The summed E-state index contributed by atoms with van der Waals surface area (Å²) in [4.78, 5) is 18.1. The molecule has 2 atom stereocenters. The summed E-state index contributed by atoms with van der Waals surface area (Å²) in [5, 5.41) is 3.76. The molecular formula is C27H37N3O. The molecule has 0 aromatic heterocycles. The normalized spacial score (nSPS) is 26.2. The first-order chi connectivity index (χ1) is 15.3. The van der Waals surface area contributed by atoms with Gasteiger partial charge in [-0.3, -0.25) is 4.79 Å². The van der Waals surface area contributed by atoms with Gasteiger partial charge in [0.1, 0.15) is 0 Å². The number of carbonyl (C=O) groups excluding carboxylic acids is 1. The van der Waals surface area contributed by atoms with Crippen LogP contribution < -0.4 is 5.32 Å². The molecule has 2 fully saturated rings. The van der Waals surface area contributed by atoms with Crippen molar-refractivity contribution in [3.05, 3.63) is 58.7 Å². The molecule has 4 nitrogen and oxygen atoms in total. The molecule has 1 N–H and O–H groups in total. The Kier molecular flexibility index (Phi) is 6.56. The Hall–Kier alpha value is -1.91. The maximum atomic E-state index is 13.3. The zero-order chi connectivity index (χ0) is 21.0. The minimum atomic E-state index is 0.251. The van der Waals surface area contributed by atoms with Gasteiger partial charge in [0.05, 0.1) is 0 Å². The lowest BCUT2D eigenvalue weighted by Crippen LogP contribution is -2.42. The van der Waals surface area contributed by atoms with Crippen LogP contribution in [0.1, 0.15) is 66.4 Å². The van der Waals surface area contributed by atoms with Crippen molar-refractivity contribution in [2.75, 3.05) is 32.7 Å². The zero-order valence-electron chi connectivity index (χ0n) is 18.8. The lowest BCUT2D eigenvalue weighted by atomic mass is 9.87. The van der Waals surface area contributed by atoms with Crippen molar-refractivity contribution in [2.45, 2.75) is 69.9 Å². The number of fused-ring (bicyclic) bond motifs is 1. The molecule has 1 unspecified atom stereocenters. The highest BCUT2D eigenvalue weighted by molar-refractivity contribution is 5.95. The molecule has 0 spiro atoms. The highest BCUT2D eigenvalue weighted by Crippen LogP contribution is 2.26. The van der Waals surface area contributed by atoms with Gasteiger partial charge in [-0.1, -0.05) is 24.3 Å². The fourth-order valence-electron chi connectivity index (χ4n) is 5.85. The van der Waals surface area contributed by atoms with Crippen molar-refractivity contribution in [3.8, 4) is 0 Å². The van der Waals surface area contributed by atoms with Crippen LogP contribution in [0.2, 0.25) is 0 Å². The predicted octanol–water partition coefficient (Wildman–Crippen LogP) is 4.11. The molecule has 31 heavy (non-hydrogen) atoms. The minimum absolute atomic E-state index is 0.251. The molecule has 166 valence electrons. The molecule has 1 amide bonds. The fraction of sp³-hybridized carbons (Fsp3) is 0.593. The average Bonchev–Trinajstić information content (AvgIpc) is 3.50. The van der Waals surface area contributed by atoms with Crippen LogP contribution in [-0.2, 0) is 12.8 Å². The number of benzene rings is 1.